The van der Waals surface area contributed by atoms with Crippen LogP contribution in [0.4, 0.5) is 5.95 Å². The molecule has 2 rings (SSSR count). The fourth-order valence-corrected chi connectivity index (χ4v) is 1.58. The minimum absolute atomic E-state index is 0.639. The Morgan fingerprint density at radius 3 is 2.94 bits per heavy atom. The first-order valence-electron chi connectivity index (χ1n) is 5.02. The molecule has 0 aliphatic carbocycles. The van der Waals surface area contributed by atoms with Gasteiger partial charge in [0.1, 0.15) is 0 Å². The number of aryl methyl sites for hydroxylation is 1. The van der Waals surface area contributed by atoms with Crippen LogP contribution in [0.15, 0.2) is 36.5 Å². The number of halogens is 1. The molecule has 0 amide bonds. The highest BCUT2D eigenvalue weighted by molar-refractivity contribution is 6.30. The first kappa shape index (κ1) is 10.9. The van der Waals surface area contributed by atoms with Crippen LogP contribution < -0.4 is 5.32 Å². The van der Waals surface area contributed by atoms with Crippen molar-refractivity contribution < 1.29 is 0 Å². The lowest BCUT2D eigenvalue weighted by atomic mass is 10.2. The Labute approximate surface area is 99.5 Å². The van der Waals surface area contributed by atoms with Crippen molar-refractivity contribution in [2.45, 2.75) is 13.5 Å². The molecule has 16 heavy (non-hydrogen) atoms. The van der Waals surface area contributed by atoms with Gasteiger partial charge in [-0.2, -0.15) is 0 Å². The highest BCUT2D eigenvalue weighted by Gasteiger charge is 1.97. The molecule has 1 heterocycles. The first-order valence-corrected chi connectivity index (χ1v) is 5.40. The molecule has 0 fully saturated rings. The second kappa shape index (κ2) is 4.94. The third kappa shape index (κ3) is 2.94. The molecule has 0 bridgehead atoms. The van der Waals surface area contributed by atoms with E-state index in [9.17, 15) is 0 Å². The number of rotatable bonds is 3. The molecule has 0 aliphatic rings. The minimum Gasteiger partial charge on any atom is -0.350 e. The van der Waals surface area contributed by atoms with Crippen LogP contribution in [0.1, 0.15) is 11.3 Å². The predicted molar refractivity (Wildman–Crippen MR) is 65.5 cm³/mol. The van der Waals surface area contributed by atoms with Gasteiger partial charge in [0, 0.05) is 23.5 Å². The molecule has 82 valence electrons. The van der Waals surface area contributed by atoms with Crippen molar-refractivity contribution in [1.29, 1.82) is 0 Å². The molecule has 0 radical (unpaired) electrons. The predicted octanol–water partition coefficient (Wildman–Crippen LogP) is 3.05. The molecule has 0 atom stereocenters. The maximum absolute atomic E-state index is 5.89. The van der Waals surface area contributed by atoms with Crippen LogP contribution >= 0.6 is 11.6 Å². The lowest BCUT2D eigenvalue weighted by Crippen LogP contribution is -2.03. The van der Waals surface area contributed by atoms with Crippen LogP contribution in [-0.2, 0) is 6.54 Å². The Hall–Kier alpha value is -1.61. The van der Waals surface area contributed by atoms with Crippen LogP contribution in [0.5, 0.6) is 0 Å². The molecule has 1 N–H and O–H groups in total. The smallest absolute Gasteiger partial charge is 0.223 e. The van der Waals surface area contributed by atoms with Crippen molar-refractivity contribution in [2.24, 2.45) is 0 Å². The van der Waals surface area contributed by atoms with Gasteiger partial charge in [-0.15, -0.1) is 0 Å². The summed E-state index contributed by atoms with van der Waals surface area (Å²) in [6.07, 6.45) is 1.74. The molecule has 1 aromatic carbocycles. The Morgan fingerprint density at radius 1 is 1.31 bits per heavy atom. The molecule has 0 saturated carbocycles. The first-order chi connectivity index (χ1) is 7.74. The van der Waals surface area contributed by atoms with E-state index in [4.69, 9.17) is 11.6 Å². The molecule has 1 aromatic heterocycles. The van der Waals surface area contributed by atoms with Crippen molar-refractivity contribution in [3.05, 3.63) is 52.8 Å². The van der Waals surface area contributed by atoms with E-state index in [1.165, 1.54) is 0 Å². The average molecular weight is 234 g/mol. The van der Waals surface area contributed by atoms with Gasteiger partial charge in [0.25, 0.3) is 0 Å². The van der Waals surface area contributed by atoms with Crippen molar-refractivity contribution >= 4 is 17.5 Å². The molecule has 3 nitrogen and oxygen atoms in total. The number of hydrogen-bond donors (Lipinski definition) is 1. The lowest BCUT2D eigenvalue weighted by Gasteiger charge is -2.05. The molecule has 0 saturated heterocycles. The van der Waals surface area contributed by atoms with E-state index in [0.29, 0.717) is 12.5 Å². The summed E-state index contributed by atoms with van der Waals surface area (Å²) in [5, 5.41) is 3.89. The third-order valence-electron chi connectivity index (χ3n) is 2.13. The van der Waals surface area contributed by atoms with Crippen LogP contribution in [0, 0.1) is 6.92 Å². The highest BCUT2D eigenvalue weighted by Crippen LogP contribution is 2.11. The van der Waals surface area contributed by atoms with Gasteiger partial charge in [-0.3, -0.25) is 0 Å². The maximum atomic E-state index is 5.89. The summed E-state index contributed by atoms with van der Waals surface area (Å²) in [7, 11) is 0. The van der Waals surface area contributed by atoms with Crippen molar-refractivity contribution in [3.8, 4) is 0 Å². The summed E-state index contributed by atoms with van der Waals surface area (Å²) >= 11 is 5.89. The van der Waals surface area contributed by atoms with Crippen molar-refractivity contribution in [2.75, 3.05) is 5.32 Å². The number of hydrogen-bond acceptors (Lipinski definition) is 3. The Bertz CT molecular complexity index is 440. The van der Waals surface area contributed by atoms with Crippen molar-refractivity contribution in [3.63, 3.8) is 0 Å². The zero-order chi connectivity index (χ0) is 11.4. The molecule has 0 spiro atoms. The zero-order valence-electron chi connectivity index (χ0n) is 8.94. The summed E-state index contributed by atoms with van der Waals surface area (Å²) in [5.74, 6) is 0.639. The van der Waals surface area contributed by atoms with Gasteiger partial charge >= 0.3 is 0 Å². The molecular weight excluding hydrogens is 222 g/mol. The van der Waals surface area contributed by atoms with Crippen LogP contribution in [0.25, 0.3) is 0 Å². The van der Waals surface area contributed by atoms with Gasteiger partial charge in [0.15, 0.2) is 0 Å². The summed E-state index contributed by atoms with van der Waals surface area (Å²) in [6.45, 7) is 2.61. The number of aromatic nitrogens is 2. The summed E-state index contributed by atoms with van der Waals surface area (Å²) in [6, 6.07) is 9.58. The summed E-state index contributed by atoms with van der Waals surface area (Å²) < 4.78 is 0. The second-order valence-electron chi connectivity index (χ2n) is 3.51. The van der Waals surface area contributed by atoms with E-state index in [1.54, 1.807) is 6.20 Å². The number of nitrogens with zero attached hydrogens (tertiary/aromatic N) is 2. The maximum Gasteiger partial charge on any atom is 0.223 e. The number of benzene rings is 1. The van der Waals surface area contributed by atoms with Crippen LogP contribution in [0.3, 0.4) is 0 Å². The zero-order valence-corrected chi connectivity index (χ0v) is 9.70. The minimum atomic E-state index is 0.639. The van der Waals surface area contributed by atoms with Gasteiger partial charge in [-0.1, -0.05) is 23.7 Å². The third-order valence-corrected chi connectivity index (χ3v) is 2.37. The Kier molecular flexibility index (Phi) is 3.37. The largest absolute Gasteiger partial charge is 0.350 e. The van der Waals surface area contributed by atoms with Gasteiger partial charge < -0.3 is 5.32 Å². The quantitative estimate of drug-likeness (QED) is 0.886. The van der Waals surface area contributed by atoms with Crippen molar-refractivity contribution in [1.82, 2.24) is 9.97 Å². The van der Waals surface area contributed by atoms with E-state index in [1.807, 2.05) is 37.3 Å². The van der Waals surface area contributed by atoms with Gasteiger partial charge in [0.05, 0.1) is 0 Å². The van der Waals surface area contributed by atoms with Crippen LogP contribution in [-0.4, -0.2) is 9.97 Å². The Balaban J connectivity index is 2.02. The van der Waals surface area contributed by atoms with Crippen LogP contribution in [0.2, 0.25) is 5.02 Å². The van der Waals surface area contributed by atoms with Gasteiger partial charge in [-0.05, 0) is 30.7 Å². The molecular formula is C12H12ClN3. The molecule has 0 aliphatic heterocycles. The number of anilines is 1. The molecule has 0 unspecified atom stereocenters. The highest BCUT2D eigenvalue weighted by atomic mass is 35.5. The second-order valence-corrected chi connectivity index (χ2v) is 3.94. The average Bonchev–Trinajstić information content (AvgIpc) is 2.27. The van der Waals surface area contributed by atoms with E-state index in [-0.39, 0.29) is 0 Å². The Morgan fingerprint density at radius 2 is 2.19 bits per heavy atom. The SMILES string of the molecule is Cc1ccnc(NCc2cccc(Cl)c2)n1. The fraction of sp³-hybridized carbons (Fsp3) is 0.167. The van der Waals surface area contributed by atoms with E-state index < -0.39 is 0 Å². The standard InChI is InChI=1S/C12H12ClN3/c1-9-5-6-14-12(16-9)15-8-10-3-2-4-11(13)7-10/h2-7H,8H2,1H3,(H,14,15,16). The van der Waals surface area contributed by atoms with E-state index >= 15 is 0 Å². The fourth-order valence-electron chi connectivity index (χ4n) is 1.36. The monoisotopic (exact) mass is 233 g/mol. The molecule has 2 aromatic rings. The number of nitrogens with one attached hydrogen (secondary N) is 1. The lowest BCUT2D eigenvalue weighted by molar-refractivity contribution is 1.03. The van der Waals surface area contributed by atoms with E-state index in [0.717, 1.165) is 16.3 Å². The topological polar surface area (TPSA) is 37.8 Å². The van der Waals surface area contributed by atoms with E-state index in [2.05, 4.69) is 15.3 Å². The molecule has 4 heteroatoms. The normalized spacial score (nSPS) is 10.1. The van der Waals surface area contributed by atoms with Gasteiger partial charge in [0.2, 0.25) is 5.95 Å². The summed E-state index contributed by atoms with van der Waals surface area (Å²) in [5.41, 5.74) is 2.06. The van der Waals surface area contributed by atoms with Gasteiger partial charge in [-0.25, -0.2) is 9.97 Å². The summed E-state index contributed by atoms with van der Waals surface area (Å²) in [4.78, 5) is 8.38.